The Bertz CT molecular complexity index is 550. The van der Waals surface area contributed by atoms with Gasteiger partial charge in [-0.05, 0) is 36.8 Å². The Morgan fingerprint density at radius 2 is 2.00 bits per heavy atom. The average Bonchev–Trinajstić information content (AvgIpc) is 3.14. The summed E-state index contributed by atoms with van der Waals surface area (Å²) >= 11 is 0. The Kier molecular flexibility index (Phi) is 3.88. The van der Waals surface area contributed by atoms with Crippen LogP contribution in [0.5, 0.6) is 0 Å². The smallest absolute Gasteiger partial charge is 0.0924 e. The minimum absolute atomic E-state index is 0.700. The highest BCUT2D eigenvalue weighted by molar-refractivity contribution is 5.59. The lowest BCUT2D eigenvalue weighted by Crippen LogP contribution is -2.15. The molecule has 1 aromatic carbocycles. The van der Waals surface area contributed by atoms with Gasteiger partial charge in [0.2, 0.25) is 0 Å². The van der Waals surface area contributed by atoms with Crippen LogP contribution in [-0.4, -0.2) is 16.2 Å². The van der Waals surface area contributed by atoms with E-state index < -0.39 is 0 Å². The maximum Gasteiger partial charge on any atom is 0.0924 e. The maximum absolute atomic E-state index is 4.41. The van der Waals surface area contributed by atoms with E-state index in [-0.39, 0.29) is 0 Å². The molecule has 1 saturated carbocycles. The maximum atomic E-state index is 4.41. The van der Waals surface area contributed by atoms with E-state index in [4.69, 9.17) is 0 Å². The van der Waals surface area contributed by atoms with Gasteiger partial charge in [-0.2, -0.15) is 5.10 Å². The van der Waals surface area contributed by atoms with Crippen LogP contribution in [-0.2, 0) is 13.0 Å². The summed E-state index contributed by atoms with van der Waals surface area (Å²) in [6.07, 6.45) is 3.77. The van der Waals surface area contributed by atoms with Crippen LogP contribution in [0.3, 0.4) is 0 Å². The highest BCUT2D eigenvalue weighted by Crippen LogP contribution is 2.21. The van der Waals surface area contributed by atoms with Crippen molar-refractivity contribution in [3.63, 3.8) is 0 Å². The van der Waals surface area contributed by atoms with Crippen LogP contribution >= 0.6 is 0 Å². The zero-order valence-corrected chi connectivity index (χ0v) is 12.3. The standard InChI is InChI=1S/C17H23N3/c1-12(2)9-13-3-5-14(6-4-13)17-10-16(19-20-17)11-18-15-7-8-15/h3-6,10,12,15,18H,7-9,11H2,1-2H3,(H,19,20). The summed E-state index contributed by atoms with van der Waals surface area (Å²) in [5.74, 6) is 0.700. The molecule has 0 amide bonds. The van der Waals surface area contributed by atoms with E-state index in [9.17, 15) is 0 Å². The zero-order valence-electron chi connectivity index (χ0n) is 12.3. The third-order valence-electron chi connectivity index (χ3n) is 3.68. The Morgan fingerprint density at radius 3 is 2.65 bits per heavy atom. The molecule has 0 atom stereocenters. The number of nitrogens with zero attached hydrogens (tertiary/aromatic N) is 1. The number of hydrogen-bond acceptors (Lipinski definition) is 2. The molecule has 3 rings (SSSR count). The molecular formula is C17H23N3. The Morgan fingerprint density at radius 1 is 1.25 bits per heavy atom. The second-order valence-electron chi connectivity index (χ2n) is 6.23. The summed E-state index contributed by atoms with van der Waals surface area (Å²) in [6, 6.07) is 11.7. The molecule has 3 nitrogen and oxygen atoms in total. The first kappa shape index (κ1) is 13.4. The fourth-order valence-corrected chi connectivity index (χ4v) is 2.42. The van der Waals surface area contributed by atoms with Gasteiger partial charge in [0.1, 0.15) is 0 Å². The van der Waals surface area contributed by atoms with E-state index in [1.165, 1.54) is 24.0 Å². The van der Waals surface area contributed by atoms with Crippen molar-refractivity contribution in [3.8, 4) is 11.3 Å². The molecule has 2 aromatic rings. The number of benzene rings is 1. The largest absolute Gasteiger partial charge is 0.308 e. The first-order valence-corrected chi connectivity index (χ1v) is 7.57. The monoisotopic (exact) mass is 269 g/mol. The molecule has 0 unspecified atom stereocenters. The van der Waals surface area contributed by atoms with Crippen LogP contribution in [0.4, 0.5) is 0 Å². The number of rotatable bonds is 6. The number of H-pyrrole nitrogens is 1. The fraction of sp³-hybridized carbons (Fsp3) is 0.471. The molecule has 0 saturated heterocycles. The topological polar surface area (TPSA) is 40.7 Å². The summed E-state index contributed by atoms with van der Waals surface area (Å²) < 4.78 is 0. The summed E-state index contributed by atoms with van der Waals surface area (Å²) in [7, 11) is 0. The summed E-state index contributed by atoms with van der Waals surface area (Å²) in [5.41, 5.74) is 4.79. The molecule has 1 aromatic heterocycles. The minimum Gasteiger partial charge on any atom is -0.308 e. The highest BCUT2D eigenvalue weighted by atomic mass is 15.1. The van der Waals surface area contributed by atoms with Crippen molar-refractivity contribution in [2.24, 2.45) is 5.92 Å². The van der Waals surface area contributed by atoms with Gasteiger partial charge in [-0.15, -0.1) is 0 Å². The van der Waals surface area contributed by atoms with Gasteiger partial charge in [0.25, 0.3) is 0 Å². The van der Waals surface area contributed by atoms with E-state index in [1.54, 1.807) is 0 Å². The summed E-state index contributed by atoms with van der Waals surface area (Å²) in [6.45, 7) is 5.39. The number of aromatic amines is 1. The zero-order chi connectivity index (χ0) is 13.9. The summed E-state index contributed by atoms with van der Waals surface area (Å²) in [5, 5.41) is 11.0. The van der Waals surface area contributed by atoms with Crippen molar-refractivity contribution < 1.29 is 0 Å². The van der Waals surface area contributed by atoms with Gasteiger partial charge in [0, 0.05) is 23.8 Å². The average molecular weight is 269 g/mol. The molecule has 20 heavy (non-hydrogen) atoms. The van der Waals surface area contributed by atoms with Gasteiger partial charge in [0.05, 0.1) is 5.69 Å². The van der Waals surface area contributed by atoms with Gasteiger partial charge >= 0.3 is 0 Å². The van der Waals surface area contributed by atoms with Crippen molar-refractivity contribution in [3.05, 3.63) is 41.6 Å². The molecule has 0 bridgehead atoms. The van der Waals surface area contributed by atoms with Crippen molar-refractivity contribution >= 4 is 0 Å². The fourth-order valence-electron chi connectivity index (χ4n) is 2.42. The van der Waals surface area contributed by atoms with Crippen molar-refractivity contribution in [1.29, 1.82) is 0 Å². The van der Waals surface area contributed by atoms with Crippen LogP contribution in [0.25, 0.3) is 11.3 Å². The van der Waals surface area contributed by atoms with E-state index >= 15 is 0 Å². The molecule has 0 spiro atoms. The third kappa shape index (κ3) is 3.48. The number of hydrogen-bond donors (Lipinski definition) is 2. The van der Waals surface area contributed by atoms with E-state index in [0.29, 0.717) is 5.92 Å². The summed E-state index contributed by atoms with van der Waals surface area (Å²) in [4.78, 5) is 0. The van der Waals surface area contributed by atoms with E-state index in [0.717, 1.165) is 30.4 Å². The molecule has 1 aliphatic rings. The van der Waals surface area contributed by atoms with Crippen molar-refractivity contribution in [1.82, 2.24) is 15.5 Å². The molecule has 1 heterocycles. The van der Waals surface area contributed by atoms with Crippen LogP contribution in [0.15, 0.2) is 30.3 Å². The number of nitrogens with one attached hydrogen (secondary N) is 2. The van der Waals surface area contributed by atoms with Crippen molar-refractivity contribution in [2.45, 2.75) is 45.7 Å². The lowest BCUT2D eigenvalue weighted by Gasteiger charge is -2.05. The second-order valence-corrected chi connectivity index (χ2v) is 6.23. The van der Waals surface area contributed by atoms with Crippen molar-refractivity contribution in [2.75, 3.05) is 0 Å². The molecule has 3 heteroatoms. The van der Waals surface area contributed by atoms with Gasteiger partial charge < -0.3 is 5.32 Å². The van der Waals surface area contributed by atoms with Crippen LogP contribution < -0.4 is 5.32 Å². The van der Waals surface area contributed by atoms with E-state index in [1.807, 2.05) is 0 Å². The Balaban J connectivity index is 1.65. The van der Waals surface area contributed by atoms with Crippen LogP contribution in [0.1, 0.15) is 37.9 Å². The van der Waals surface area contributed by atoms with E-state index in [2.05, 4.69) is 59.7 Å². The van der Waals surface area contributed by atoms with Gasteiger partial charge in [0.15, 0.2) is 0 Å². The first-order chi connectivity index (χ1) is 9.70. The third-order valence-corrected chi connectivity index (χ3v) is 3.68. The molecule has 0 radical (unpaired) electrons. The van der Waals surface area contributed by atoms with Gasteiger partial charge in [-0.1, -0.05) is 38.1 Å². The SMILES string of the molecule is CC(C)Cc1ccc(-c2cc(CNC3CC3)[nH]n2)cc1. The number of aromatic nitrogens is 2. The van der Waals surface area contributed by atoms with Crippen LogP contribution in [0.2, 0.25) is 0 Å². The quantitative estimate of drug-likeness (QED) is 0.842. The molecule has 2 N–H and O–H groups in total. The normalized spacial score (nSPS) is 14.9. The Hall–Kier alpha value is -1.61. The van der Waals surface area contributed by atoms with Crippen LogP contribution in [0, 0.1) is 5.92 Å². The van der Waals surface area contributed by atoms with Gasteiger partial charge in [-0.3, -0.25) is 5.10 Å². The molecule has 1 aliphatic carbocycles. The first-order valence-electron chi connectivity index (χ1n) is 7.57. The predicted molar refractivity (Wildman–Crippen MR) is 82.4 cm³/mol. The Labute approximate surface area is 120 Å². The molecule has 0 aliphatic heterocycles. The minimum atomic E-state index is 0.700. The predicted octanol–water partition coefficient (Wildman–Crippen LogP) is 3.53. The lowest BCUT2D eigenvalue weighted by atomic mass is 10.0. The molecular weight excluding hydrogens is 246 g/mol. The second kappa shape index (κ2) is 5.80. The molecule has 1 fully saturated rings. The lowest BCUT2D eigenvalue weighted by molar-refractivity contribution is 0.647. The highest BCUT2D eigenvalue weighted by Gasteiger charge is 2.20. The van der Waals surface area contributed by atoms with Gasteiger partial charge in [-0.25, -0.2) is 0 Å². The molecule has 106 valence electrons.